The number of unbranched alkanes of at least 4 members (excludes halogenated alkanes) is 2. The van der Waals surface area contributed by atoms with E-state index >= 15 is 0 Å². The van der Waals surface area contributed by atoms with Crippen LogP contribution in [0.25, 0.3) is 0 Å². The van der Waals surface area contributed by atoms with Crippen molar-refractivity contribution >= 4 is 23.6 Å². The third-order valence-electron chi connectivity index (χ3n) is 4.43. The molecule has 1 unspecified atom stereocenters. The quantitative estimate of drug-likeness (QED) is 0.626. The molecule has 25 heavy (non-hydrogen) atoms. The molecule has 4 amide bonds. The van der Waals surface area contributed by atoms with Gasteiger partial charge in [-0.2, -0.15) is 0 Å². The molecule has 0 spiro atoms. The topological polar surface area (TPSA) is 92.8 Å². The van der Waals surface area contributed by atoms with Crippen molar-refractivity contribution < 1.29 is 23.9 Å². The fourth-order valence-electron chi connectivity index (χ4n) is 3.08. The van der Waals surface area contributed by atoms with Crippen LogP contribution in [-0.2, 0) is 9.59 Å². The molecule has 1 saturated heterocycles. The SMILES string of the molecule is CCCCCOc1ccc2c(c1)C(=O)N(C1CCC(=O)NC1=O)C2=O. The number of hydrogen-bond acceptors (Lipinski definition) is 5. The normalized spacial score (nSPS) is 19.9. The molecule has 1 fully saturated rings. The molecule has 2 heterocycles. The Bertz CT molecular complexity index is 743. The van der Waals surface area contributed by atoms with Crippen molar-refractivity contribution in [1.82, 2.24) is 10.2 Å². The summed E-state index contributed by atoms with van der Waals surface area (Å²) in [5, 5.41) is 2.18. The van der Waals surface area contributed by atoms with Crippen LogP contribution in [0.5, 0.6) is 5.75 Å². The zero-order chi connectivity index (χ0) is 18.0. The summed E-state index contributed by atoms with van der Waals surface area (Å²) in [6.45, 7) is 2.65. The monoisotopic (exact) mass is 344 g/mol. The maximum atomic E-state index is 12.6. The van der Waals surface area contributed by atoms with Crippen LogP contribution in [0.4, 0.5) is 0 Å². The number of carbonyl (C=O) groups excluding carboxylic acids is 4. The third kappa shape index (κ3) is 3.26. The highest BCUT2D eigenvalue weighted by molar-refractivity contribution is 6.23. The van der Waals surface area contributed by atoms with E-state index in [1.165, 1.54) is 0 Å². The first-order valence-corrected chi connectivity index (χ1v) is 8.51. The maximum absolute atomic E-state index is 12.6. The molecule has 1 atom stereocenters. The maximum Gasteiger partial charge on any atom is 0.262 e. The molecule has 1 aromatic carbocycles. The molecule has 7 nitrogen and oxygen atoms in total. The Labute approximate surface area is 145 Å². The number of fused-ring (bicyclic) bond motifs is 1. The Morgan fingerprint density at radius 2 is 1.88 bits per heavy atom. The Morgan fingerprint density at radius 3 is 2.60 bits per heavy atom. The minimum atomic E-state index is -0.945. The molecular formula is C18H20N2O5. The largest absolute Gasteiger partial charge is 0.494 e. The van der Waals surface area contributed by atoms with Gasteiger partial charge in [-0.3, -0.25) is 29.4 Å². The van der Waals surface area contributed by atoms with Gasteiger partial charge in [-0.15, -0.1) is 0 Å². The van der Waals surface area contributed by atoms with Gasteiger partial charge in [-0.25, -0.2) is 0 Å². The molecule has 7 heteroatoms. The van der Waals surface area contributed by atoms with E-state index in [1.807, 2.05) is 0 Å². The van der Waals surface area contributed by atoms with Gasteiger partial charge in [0, 0.05) is 6.42 Å². The van der Waals surface area contributed by atoms with E-state index < -0.39 is 23.8 Å². The number of carbonyl (C=O) groups is 4. The lowest BCUT2D eigenvalue weighted by Crippen LogP contribution is -2.54. The van der Waals surface area contributed by atoms with Crippen molar-refractivity contribution in [2.24, 2.45) is 0 Å². The molecule has 1 N–H and O–H groups in total. The molecule has 0 aromatic heterocycles. The number of nitrogens with zero attached hydrogens (tertiary/aromatic N) is 1. The van der Waals surface area contributed by atoms with Gasteiger partial charge in [0.1, 0.15) is 11.8 Å². The van der Waals surface area contributed by atoms with Crippen LogP contribution in [0.15, 0.2) is 18.2 Å². The Balaban J connectivity index is 1.77. The molecule has 0 bridgehead atoms. The number of amides is 4. The summed E-state index contributed by atoms with van der Waals surface area (Å²) in [7, 11) is 0. The first-order chi connectivity index (χ1) is 12.0. The second-order valence-corrected chi connectivity index (χ2v) is 6.21. The summed E-state index contributed by atoms with van der Waals surface area (Å²) in [5.41, 5.74) is 0.498. The number of ether oxygens (including phenoxy) is 1. The smallest absolute Gasteiger partial charge is 0.262 e. The highest BCUT2D eigenvalue weighted by atomic mass is 16.5. The van der Waals surface area contributed by atoms with Crippen LogP contribution in [0, 0.1) is 0 Å². The van der Waals surface area contributed by atoms with Crippen LogP contribution >= 0.6 is 0 Å². The van der Waals surface area contributed by atoms with E-state index in [1.54, 1.807) is 18.2 Å². The van der Waals surface area contributed by atoms with Gasteiger partial charge in [-0.1, -0.05) is 19.8 Å². The highest BCUT2D eigenvalue weighted by Gasteiger charge is 2.44. The zero-order valence-electron chi connectivity index (χ0n) is 14.0. The predicted molar refractivity (Wildman–Crippen MR) is 88.1 cm³/mol. The number of hydrogen-bond donors (Lipinski definition) is 1. The van der Waals surface area contributed by atoms with Gasteiger partial charge in [0.05, 0.1) is 17.7 Å². The van der Waals surface area contributed by atoms with Crippen molar-refractivity contribution in [3.05, 3.63) is 29.3 Å². The molecule has 2 aliphatic heterocycles. The van der Waals surface area contributed by atoms with E-state index in [0.717, 1.165) is 24.2 Å². The summed E-state index contributed by atoms with van der Waals surface area (Å²) in [4.78, 5) is 49.4. The standard InChI is InChI=1S/C18H20N2O5/c1-2-3-4-9-25-11-5-6-12-13(10-11)18(24)20(17(12)23)14-7-8-15(21)19-16(14)22/h5-6,10,14H,2-4,7-9H2,1H3,(H,19,21,22). The van der Waals surface area contributed by atoms with Crippen molar-refractivity contribution in [1.29, 1.82) is 0 Å². The Kier molecular flexibility index (Phi) is 4.83. The molecule has 0 aliphatic carbocycles. The summed E-state index contributed by atoms with van der Waals surface area (Å²) in [6.07, 6.45) is 3.32. The fourth-order valence-corrected chi connectivity index (χ4v) is 3.08. The van der Waals surface area contributed by atoms with Gasteiger partial charge in [-0.05, 0) is 31.0 Å². The van der Waals surface area contributed by atoms with Gasteiger partial charge < -0.3 is 4.74 Å². The van der Waals surface area contributed by atoms with Crippen LogP contribution in [0.2, 0.25) is 0 Å². The van der Waals surface area contributed by atoms with Crippen molar-refractivity contribution in [3.8, 4) is 5.75 Å². The molecule has 0 saturated carbocycles. The Hall–Kier alpha value is -2.70. The molecule has 0 radical (unpaired) electrons. The average molecular weight is 344 g/mol. The van der Waals surface area contributed by atoms with Crippen LogP contribution in [-0.4, -0.2) is 41.2 Å². The average Bonchev–Trinajstić information content (AvgIpc) is 2.83. The van der Waals surface area contributed by atoms with Gasteiger partial charge in [0.15, 0.2) is 0 Å². The minimum absolute atomic E-state index is 0.107. The summed E-state index contributed by atoms with van der Waals surface area (Å²) in [5.74, 6) is -1.50. The van der Waals surface area contributed by atoms with Gasteiger partial charge in [0.25, 0.3) is 11.8 Å². The lowest BCUT2D eigenvalue weighted by atomic mass is 10.0. The number of benzene rings is 1. The molecular weight excluding hydrogens is 324 g/mol. The van der Waals surface area contributed by atoms with Gasteiger partial charge in [0.2, 0.25) is 11.8 Å². The summed E-state index contributed by atoms with van der Waals surface area (Å²) in [6, 6.07) is 3.81. The first kappa shape index (κ1) is 17.1. The van der Waals surface area contributed by atoms with Gasteiger partial charge >= 0.3 is 0 Å². The number of rotatable bonds is 6. The second-order valence-electron chi connectivity index (χ2n) is 6.21. The van der Waals surface area contributed by atoms with E-state index in [9.17, 15) is 19.2 Å². The summed E-state index contributed by atoms with van der Waals surface area (Å²) < 4.78 is 5.63. The van der Waals surface area contributed by atoms with E-state index in [-0.39, 0.29) is 29.9 Å². The molecule has 132 valence electrons. The zero-order valence-corrected chi connectivity index (χ0v) is 14.0. The van der Waals surface area contributed by atoms with Crippen LogP contribution < -0.4 is 10.1 Å². The molecule has 1 aromatic rings. The second kappa shape index (κ2) is 7.04. The van der Waals surface area contributed by atoms with E-state index in [4.69, 9.17) is 4.74 Å². The Morgan fingerprint density at radius 1 is 1.12 bits per heavy atom. The lowest BCUT2D eigenvalue weighted by Gasteiger charge is -2.27. The summed E-state index contributed by atoms with van der Waals surface area (Å²) >= 11 is 0. The lowest BCUT2D eigenvalue weighted by molar-refractivity contribution is -0.136. The van der Waals surface area contributed by atoms with Crippen molar-refractivity contribution in [3.63, 3.8) is 0 Å². The van der Waals surface area contributed by atoms with Crippen molar-refractivity contribution in [2.45, 2.75) is 45.1 Å². The van der Waals surface area contributed by atoms with Crippen LogP contribution in [0.3, 0.4) is 0 Å². The van der Waals surface area contributed by atoms with Crippen molar-refractivity contribution in [2.75, 3.05) is 6.61 Å². The molecule has 2 aliphatic rings. The van der Waals surface area contributed by atoms with Crippen LogP contribution in [0.1, 0.15) is 59.7 Å². The predicted octanol–water partition coefficient (Wildman–Crippen LogP) is 1.66. The number of imide groups is 2. The van der Waals surface area contributed by atoms with E-state index in [0.29, 0.717) is 12.4 Å². The van der Waals surface area contributed by atoms with E-state index in [2.05, 4.69) is 12.2 Å². The first-order valence-electron chi connectivity index (χ1n) is 8.51. The third-order valence-corrected chi connectivity index (χ3v) is 4.43. The number of piperidine rings is 1. The minimum Gasteiger partial charge on any atom is -0.494 e. The molecule has 3 rings (SSSR count). The fraction of sp³-hybridized carbons (Fsp3) is 0.444. The highest BCUT2D eigenvalue weighted by Crippen LogP contribution is 2.30. The number of nitrogens with one attached hydrogen (secondary N) is 1.